The number of rotatable bonds is 4. The van der Waals surface area contributed by atoms with Crippen LogP contribution in [0, 0.1) is 5.92 Å². The second-order valence-electron chi connectivity index (χ2n) is 5.60. The molecule has 1 aromatic carbocycles. The van der Waals surface area contributed by atoms with E-state index in [2.05, 4.69) is 22.5 Å². The molecule has 0 aliphatic carbocycles. The molecule has 6 heteroatoms. The van der Waals surface area contributed by atoms with Crippen LogP contribution in [0.1, 0.15) is 26.2 Å². The van der Waals surface area contributed by atoms with Gasteiger partial charge < -0.3 is 9.88 Å². The number of para-hydroxylation sites is 2. The van der Waals surface area contributed by atoms with E-state index in [0.29, 0.717) is 25.3 Å². The highest BCUT2D eigenvalue weighted by Crippen LogP contribution is 2.21. The molecule has 1 aromatic heterocycles. The lowest BCUT2D eigenvalue weighted by atomic mass is 9.98. The standard InChI is InChI=1S/C16H20N4O2/c1-2-9-20-13-6-4-3-5-12(13)18-16(20)19-15(22)11-7-8-14(21)17-10-11/h3-6,11H,2,7-10H2,1H3,(H,17,21)(H,18,19,22)/t11-/m0/s1. The molecule has 1 saturated heterocycles. The third-order valence-electron chi connectivity index (χ3n) is 3.97. The van der Waals surface area contributed by atoms with Crippen LogP contribution in [0.5, 0.6) is 0 Å². The van der Waals surface area contributed by atoms with Crippen LogP contribution in [-0.2, 0) is 16.1 Å². The molecule has 2 amide bonds. The Morgan fingerprint density at radius 3 is 3.00 bits per heavy atom. The molecule has 0 spiro atoms. The van der Waals surface area contributed by atoms with E-state index in [1.807, 2.05) is 28.8 Å². The summed E-state index contributed by atoms with van der Waals surface area (Å²) in [6.07, 6.45) is 1.96. The van der Waals surface area contributed by atoms with Crippen LogP contribution in [0.15, 0.2) is 24.3 Å². The molecule has 1 aliphatic heterocycles. The van der Waals surface area contributed by atoms with Crippen molar-refractivity contribution >= 4 is 28.8 Å². The maximum atomic E-state index is 12.4. The average molecular weight is 300 g/mol. The number of hydrogen-bond donors (Lipinski definition) is 2. The number of nitrogens with one attached hydrogen (secondary N) is 2. The second kappa shape index (κ2) is 6.17. The Morgan fingerprint density at radius 2 is 2.27 bits per heavy atom. The fourth-order valence-corrected chi connectivity index (χ4v) is 2.79. The molecule has 6 nitrogen and oxygen atoms in total. The van der Waals surface area contributed by atoms with Gasteiger partial charge in [-0.15, -0.1) is 0 Å². The lowest BCUT2D eigenvalue weighted by molar-refractivity contribution is -0.126. The van der Waals surface area contributed by atoms with E-state index >= 15 is 0 Å². The molecular weight excluding hydrogens is 280 g/mol. The molecule has 2 heterocycles. The summed E-state index contributed by atoms with van der Waals surface area (Å²) < 4.78 is 2.04. The number of carbonyl (C=O) groups excluding carboxylic acids is 2. The fourth-order valence-electron chi connectivity index (χ4n) is 2.79. The van der Waals surface area contributed by atoms with Gasteiger partial charge in [-0.25, -0.2) is 4.98 Å². The van der Waals surface area contributed by atoms with Gasteiger partial charge in [0.25, 0.3) is 0 Å². The maximum Gasteiger partial charge on any atom is 0.231 e. The average Bonchev–Trinajstić information content (AvgIpc) is 2.86. The first kappa shape index (κ1) is 14.6. The van der Waals surface area contributed by atoms with Gasteiger partial charge in [0.05, 0.1) is 17.0 Å². The van der Waals surface area contributed by atoms with E-state index in [-0.39, 0.29) is 17.7 Å². The molecular formula is C16H20N4O2. The Balaban J connectivity index is 1.82. The normalized spacial score (nSPS) is 18.2. The van der Waals surface area contributed by atoms with E-state index < -0.39 is 0 Å². The number of amides is 2. The van der Waals surface area contributed by atoms with Crippen molar-refractivity contribution in [2.75, 3.05) is 11.9 Å². The van der Waals surface area contributed by atoms with E-state index in [4.69, 9.17) is 0 Å². The number of fused-ring (bicyclic) bond motifs is 1. The van der Waals surface area contributed by atoms with Crippen LogP contribution in [0.25, 0.3) is 11.0 Å². The van der Waals surface area contributed by atoms with Gasteiger partial charge in [-0.3, -0.25) is 14.9 Å². The van der Waals surface area contributed by atoms with Crippen molar-refractivity contribution in [3.63, 3.8) is 0 Å². The van der Waals surface area contributed by atoms with Crippen molar-refractivity contribution in [2.45, 2.75) is 32.7 Å². The zero-order valence-electron chi connectivity index (χ0n) is 12.6. The predicted molar refractivity (Wildman–Crippen MR) is 84.4 cm³/mol. The summed E-state index contributed by atoms with van der Waals surface area (Å²) in [4.78, 5) is 28.1. The zero-order chi connectivity index (χ0) is 15.5. The molecule has 1 fully saturated rings. The van der Waals surface area contributed by atoms with Crippen LogP contribution in [0.2, 0.25) is 0 Å². The smallest absolute Gasteiger partial charge is 0.231 e. The van der Waals surface area contributed by atoms with Gasteiger partial charge in [-0.2, -0.15) is 0 Å². The molecule has 2 N–H and O–H groups in total. The Labute approximate surface area is 128 Å². The van der Waals surface area contributed by atoms with E-state index in [0.717, 1.165) is 24.0 Å². The minimum absolute atomic E-state index is 0.0160. The highest BCUT2D eigenvalue weighted by Gasteiger charge is 2.25. The zero-order valence-corrected chi connectivity index (χ0v) is 12.6. The monoisotopic (exact) mass is 300 g/mol. The van der Waals surface area contributed by atoms with Crippen molar-refractivity contribution in [3.8, 4) is 0 Å². The Hall–Kier alpha value is -2.37. The molecule has 0 saturated carbocycles. The number of carbonyl (C=O) groups is 2. The number of nitrogens with zero attached hydrogens (tertiary/aromatic N) is 2. The van der Waals surface area contributed by atoms with Crippen molar-refractivity contribution in [1.29, 1.82) is 0 Å². The molecule has 0 unspecified atom stereocenters. The number of aromatic nitrogens is 2. The van der Waals surface area contributed by atoms with Gasteiger partial charge >= 0.3 is 0 Å². The van der Waals surface area contributed by atoms with Gasteiger partial charge in [-0.1, -0.05) is 19.1 Å². The quantitative estimate of drug-likeness (QED) is 0.905. The van der Waals surface area contributed by atoms with E-state index in [9.17, 15) is 9.59 Å². The fraction of sp³-hybridized carbons (Fsp3) is 0.438. The number of benzene rings is 1. The minimum atomic E-state index is -0.187. The lowest BCUT2D eigenvalue weighted by Crippen LogP contribution is -2.40. The van der Waals surface area contributed by atoms with Gasteiger partial charge in [0.1, 0.15) is 0 Å². The molecule has 22 heavy (non-hydrogen) atoms. The molecule has 116 valence electrons. The molecule has 1 atom stereocenters. The van der Waals surface area contributed by atoms with Gasteiger partial charge in [0.15, 0.2) is 0 Å². The van der Waals surface area contributed by atoms with Crippen LogP contribution < -0.4 is 10.6 Å². The molecule has 3 rings (SSSR count). The van der Waals surface area contributed by atoms with Gasteiger partial charge in [-0.05, 0) is 25.0 Å². The van der Waals surface area contributed by atoms with Gasteiger partial charge in [0, 0.05) is 19.5 Å². The SMILES string of the molecule is CCCn1c(NC(=O)[C@H]2CCC(=O)NC2)nc2ccccc21. The first-order chi connectivity index (χ1) is 10.7. The molecule has 1 aliphatic rings. The first-order valence-electron chi connectivity index (χ1n) is 7.72. The van der Waals surface area contributed by atoms with Crippen molar-refractivity contribution < 1.29 is 9.59 Å². The van der Waals surface area contributed by atoms with Crippen molar-refractivity contribution in [3.05, 3.63) is 24.3 Å². The number of hydrogen-bond acceptors (Lipinski definition) is 3. The Bertz CT molecular complexity index is 697. The summed E-state index contributed by atoms with van der Waals surface area (Å²) in [6.45, 7) is 3.30. The number of piperidine rings is 1. The Morgan fingerprint density at radius 1 is 1.45 bits per heavy atom. The van der Waals surface area contributed by atoms with Crippen LogP contribution in [-0.4, -0.2) is 27.9 Å². The summed E-state index contributed by atoms with van der Waals surface area (Å²) >= 11 is 0. The maximum absolute atomic E-state index is 12.4. The summed E-state index contributed by atoms with van der Waals surface area (Å²) in [5, 5.41) is 5.67. The summed E-state index contributed by atoms with van der Waals surface area (Å²) in [6, 6.07) is 7.86. The molecule has 0 radical (unpaired) electrons. The van der Waals surface area contributed by atoms with Crippen LogP contribution in [0.3, 0.4) is 0 Å². The first-order valence-corrected chi connectivity index (χ1v) is 7.72. The summed E-state index contributed by atoms with van der Waals surface area (Å²) in [5.74, 6) is 0.340. The van der Waals surface area contributed by atoms with Crippen LogP contribution >= 0.6 is 0 Å². The third-order valence-corrected chi connectivity index (χ3v) is 3.97. The van der Waals surface area contributed by atoms with Crippen molar-refractivity contribution in [1.82, 2.24) is 14.9 Å². The Kier molecular flexibility index (Phi) is 4.09. The predicted octanol–water partition coefficient (Wildman–Crippen LogP) is 1.91. The number of imidazole rings is 1. The number of anilines is 1. The van der Waals surface area contributed by atoms with E-state index in [1.165, 1.54) is 0 Å². The van der Waals surface area contributed by atoms with Crippen molar-refractivity contribution in [2.24, 2.45) is 5.92 Å². The second-order valence-corrected chi connectivity index (χ2v) is 5.60. The lowest BCUT2D eigenvalue weighted by Gasteiger charge is -2.21. The van der Waals surface area contributed by atoms with Crippen LogP contribution in [0.4, 0.5) is 5.95 Å². The number of aryl methyl sites for hydroxylation is 1. The summed E-state index contributed by atoms with van der Waals surface area (Å²) in [5.41, 5.74) is 1.90. The summed E-state index contributed by atoms with van der Waals surface area (Å²) in [7, 11) is 0. The minimum Gasteiger partial charge on any atom is -0.355 e. The molecule has 2 aromatic rings. The largest absolute Gasteiger partial charge is 0.355 e. The topological polar surface area (TPSA) is 76.0 Å². The third kappa shape index (κ3) is 2.81. The van der Waals surface area contributed by atoms with E-state index in [1.54, 1.807) is 0 Å². The molecule has 0 bridgehead atoms. The highest BCUT2D eigenvalue weighted by atomic mass is 16.2. The van der Waals surface area contributed by atoms with Gasteiger partial charge in [0.2, 0.25) is 17.8 Å². The highest BCUT2D eigenvalue weighted by molar-refractivity contribution is 5.94.